The minimum atomic E-state index is -0.279. The van der Waals surface area contributed by atoms with E-state index < -0.39 is 0 Å². The topological polar surface area (TPSA) is 58.0 Å². The predicted octanol–water partition coefficient (Wildman–Crippen LogP) is 3.61. The van der Waals surface area contributed by atoms with Crippen molar-refractivity contribution in [2.24, 2.45) is 5.92 Å². The van der Waals surface area contributed by atoms with E-state index in [1.54, 1.807) is 0 Å². The Morgan fingerprint density at radius 2 is 2.25 bits per heavy atom. The second kappa shape index (κ2) is 6.27. The van der Waals surface area contributed by atoms with Crippen LogP contribution in [0.3, 0.4) is 0 Å². The highest BCUT2D eigenvalue weighted by atomic mass is 35.5. The molecular formula is C15H24ClN3O. The summed E-state index contributed by atoms with van der Waals surface area (Å²) in [6.45, 7) is 6.51. The molecule has 1 heterocycles. The molecule has 1 aromatic heterocycles. The molecule has 2 atom stereocenters. The summed E-state index contributed by atoms with van der Waals surface area (Å²) in [4.78, 5) is 8.42. The second-order valence-electron chi connectivity index (χ2n) is 6.35. The molecule has 5 heteroatoms. The summed E-state index contributed by atoms with van der Waals surface area (Å²) in [6.07, 6.45) is 5.76. The Morgan fingerprint density at radius 3 is 2.85 bits per heavy atom. The number of anilines is 1. The molecule has 1 saturated carbocycles. The van der Waals surface area contributed by atoms with Gasteiger partial charge in [0.15, 0.2) is 0 Å². The number of aromatic nitrogens is 2. The highest BCUT2D eigenvalue weighted by molar-refractivity contribution is 6.30. The zero-order valence-corrected chi connectivity index (χ0v) is 13.2. The maximum atomic E-state index is 9.88. The Labute approximate surface area is 126 Å². The lowest BCUT2D eigenvalue weighted by atomic mass is 9.76. The van der Waals surface area contributed by atoms with Gasteiger partial charge in [-0.15, -0.1) is 0 Å². The molecule has 4 nitrogen and oxygen atoms in total. The molecular weight excluding hydrogens is 274 g/mol. The van der Waals surface area contributed by atoms with Crippen LogP contribution in [0.4, 0.5) is 5.82 Å². The molecule has 2 N–H and O–H groups in total. The van der Waals surface area contributed by atoms with Gasteiger partial charge in [-0.05, 0) is 24.7 Å². The van der Waals surface area contributed by atoms with Gasteiger partial charge in [-0.25, -0.2) is 9.97 Å². The van der Waals surface area contributed by atoms with E-state index in [1.807, 2.05) is 0 Å². The van der Waals surface area contributed by atoms with Gasteiger partial charge in [-0.2, -0.15) is 0 Å². The van der Waals surface area contributed by atoms with Gasteiger partial charge in [0.05, 0.1) is 12.1 Å². The van der Waals surface area contributed by atoms with Crippen LogP contribution in [0.1, 0.15) is 57.9 Å². The lowest BCUT2D eigenvalue weighted by Crippen LogP contribution is -2.46. The summed E-state index contributed by atoms with van der Waals surface area (Å²) >= 11 is 6.21. The van der Waals surface area contributed by atoms with Crippen LogP contribution in [-0.4, -0.2) is 27.2 Å². The Hall–Kier alpha value is -0.870. The van der Waals surface area contributed by atoms with Crippen LogP contribution in [0.5, 0.6) is 0 Å². The second-order valence-corrected chi connectivity index (χ2v) is 6.70. The SMILES string of the molecule is CC1CCCC(CO)(Nc2ncnc(Cl)c2C(C)C)C1. The third-order valence-electron chi connectivity index (χ3n) is 4.19. The average molecular weight is 298 g/mol. The van der Waals surface area contributed by atoms with Crippen LogP contribution in [0.15, 0.2) is 6.33 Å². The molecule has 0 spiro atoms. The standard InChI is InChI=1S/C15H24ClN3O/c1-10(2)12-13(16)17-9-18-14(12)19-15(8-20)6-4-5-11(3)7-15/h9-11,20H,4-8H2,1-3H3,(H,17,18,19). The van der Waals surface area contributed by atoms with Crippen LogP contribution in [-0.2, 0) is 0 Å². The molecule has 2 rings (SSSR count). The van der Waals surface area contributed by atoms with E-state index in [0.29, 0.717) is 11.1 Å². The van der Waals surface area contributed by atoms with E-state index in [0.717, 1.165) is 30.6 Å². The van der Waals surface area contributed by atoms with E-state index in [2.05, 4.69) is 36.1 Å². The van der Waals surface area contributed by atoms with E-state index in [9.17, 15) is 5.11 Å². The van der Waals surface area contributed by atoms with Crippen molar-refractivity contribution < 1.29 is 5.11 Å². The maximum Gasteiger partial charge on any atom is 0.138 e. The summed E-state index contributed by atoms with van der Waals surface area (Å²) in [5, 5.41) is 13.9. The maximum absolute atomic E-state index is 9.88. The highest BCUT2D eigenvalue weighted by Gasteiger charge is 2.35. The Bertz CT molecular complexity index is 466. The van der Waals surface area contributed by atoms with Crippen molar-refractivity contribution in [3.05, 3.63) is 17.0 Å². The molecule has 0 saturated heterocycles. The van der Waals surface area contributed by atoms with Crippen molar-refractivity contribution in [3.63, 3.8) is 0 Å². The van der Waals surface area contributed by atoms with Gasteiger partial charge in [-0.3, -0.25) is 0 Å². The molecule has 112 valence electrons. The molecule has 0 radical (unpaired) electrons. The van der Waals surface area contributed by atoms with Crippen LogP contribution in [0.2, 0.25) is 5.15 Å². The van der Waals surface area contributed by atoms with Crippen LogP contribution in [0, 0.1) is 5.92 Å². The molecule has 0 amide bonds. The van der Waals surface area contributed by atoms with E-state index in [4.69, 9.17) is 11.6 Å². The molecule has 0 aromatic carbocycles. The molecule has 1 fully saturated rings. The molecule has 1 aromatic rings. The minimum Gasteiger partial charge on any atom is -0.394 e. The number of nitrogens with one attached hydrogen (secondary N) is 1. The van der Waals surface area contributed by atoms with Crippen molar-refractivity contribution in [2.75, 3.05) is 11.9 Å². The van der Waals surface area contributed by atoms with Crippen molar-refractivity contribution in [2.45, 2.75) is 57.9 Å². The monoisotopic (exact) mass is 297 g/mol. The summed E-state index contributed by atoms with van der Waals surface area (Å²) in [7, 11) is 0. The Morgan fingerprint density at radius 1 is 1.50 bits per heavy atom. The van der Waals surface area contributed by atoms with Gasteiger partial charge in [0, 0.05) is 5.56 Å². The number of hydrogen-bond donors (Lipinski definition) is 2. The number of nitrogens with zero attached hydrogens (tertiary/aromatic N) is 2. The Balaban J connectivity index is 2.30. The fourth-order valence-electron chi connectivity index (χ4n) is 3.19. The first-order valence-electron chi connectivity index (χ1n) is 7.37. The van der Waals surface area contributed by atoms with Gasteiger partial charge in [-0.1, -0.05) is 45.2 Å². The largest absolute Gasteiger partial charge is 0.394 e. The van der Waals surface area contributed by atoms with Crippen LogP contribution < -0.4 is 5.32 Å². The number of rotatable bonds is 4. The number of aliphatic hydroxyl groups is 1. The summed E-state index contributed by atoms with van der Waals surface area (Å²) in [5.74, 6) is 1.62. The Kier molecular flexibility index (Phi) is 4.86. The van der Waals surface area contributed by atoms with E-state index in [1.165, 1.54) is 12.7 Å². The smallest absolute Gasteiger partial charge is 0.138 e. The summed E-state index contributed by atoms with van der Waals surface area (Å²) in [6, 6.07) is 0. The number of halogens is 1. The van der Waals surface area contributed by atoms with Crippen molar-refractivity contribution in [1.29, 1.82) is 0 Å². The van der Waals surface area contributed by atoms with Gasteiger partial charge < -0.3 is 10.4 Å². The zero-order valence-electron chi connectivity index (χ0n) is 12.5. The molecule has 2 unspecified atom stereocenters. The predicted molar refractivity (Wildman–Crippen MR) is 82.2 cm³/mol. The average Bonchev–Trinajstić information content (AvgIpc) is 2.38. The fourth-order valence-corrected chi connectivity index (χ4v) is 3.54. The molecule has 20 heavy (non-hydrogen) atoms. The summed E-state index contributed by atoms with van der Waals surface area (Å²) < 4.78 is 0. The van der Waals surface area contributed by atoms with E-state index >= 15 is 0 Å². The van der Waals surface area contributed by atoms with E-state index in [-0.39, 0.29) is 18.1 Å². The first kappa shape index (κ1) is 15.5. The van der Waals surface area contributed by atoms with Crippen LogP contribution in [0.25, 0.3) is 0 Å². The number of aliphatic hydroxyl groups excluding tert-OH is 1. The van der Waals surface area contributed by atoms with Gasteiger partial charge in [0.25, 0.3) is 0 Å². The molecule has 1 aliphatic carbocycles. The third kappa shape index (κ3) is 3.23. The lowest BCUT2D eigenvalue weighted by Gasteiger charge is -2.40. The van der Waals surface area contributed by atoms with Gasteiger partial charge >= 0.3 is 0 Å². The lowest BCUT2D eigenvalue weighted by molar-refractivity contribution is 0.149. The molecule has 0 aliphatic heterocycles. The molecule has 1 aliphatic rings. The van der Waals surface area contributed by atoms with Gasteiger partial charge in [0.2, 0.25) is 0 Å². The minimum absolute atomic E-state index is 0.122. The summed E-state index contributed by atoms with van der Waals surface area (Å²) in [5.41, 5.74) is 0.652. The first-order chi connectivity index (χ1) is 9.47. The normalized spacial score (nSPS) is 26.8. The van der Waals surface area contributed by atoms with Crippen molar-refractivity contribution >= 4 is 17.4 Å². The van der Waals surface area contributed by atoms with Crippen molar-refractivity contribution in [3.8, 4) is 0 Å². The number of hydrogen-bond acceptors (Lipinski definition) is 4. The fraction of sp³-hybridized carbons (Fsp3) is 0.733. The van der Waals surface area contributed by atoms with Crippen LogP contribution >= 0.6 is 11.6 Å². The van der Waals surface area contributed by atoms with Gasteiger partial charge in [0.1, 0.15) is 17.3 Å². The zero-order chi connectivity index (χ0) is 14.8. The molecule has 0 bridgehead atoms. The highest BCUT2D eigenvalue weighted by Crippen LogP contribution is 2.37. The third-order valence-corrected chi connectivity index (χ3v) is 4.49. The first-order valence-corrected chi connectivity index (χ1v) is 7.74. The quantitative estimate of drug-likeness (QED) is 0.834. The van der Waals surface area contributed by atoms with Crippen molar-refractivity contribution in [1.82, 2.24) is 9.97 Å².